The molecule has 4 heteroatoms. The van der Waals surface area contributed by atoms with Gasteiger partial charge in [-0.15, -0.1) is 0 Å². The van der Waals surface area contributed by atoms with Crippen LogP contribution in [0.1, 0.15) is 17.5 Å². The molecule has 2 aromatic carbocycles. The lowest BCUT2D eigenvalue weighted by atomic mass is 10.1. The molecule has 2 aromatic rings. The predicted molar refractivity (Wildman–Crippen MR) is 94.1 cm³/mol. The molecular weight excluding hydrogens is 317 g/mol. The van der Waals surface area contributed by atoms with Crippen LogP contribution in [0.2, 0.25) is 10.0 Å². The van der Waals surface area contributed by atoms with Crippen LogP contribution in [-0.4, -0.2) is 25.5 Å². The summed E-state index contributed by atoms with van der Waals surface area (Å²) in [6, 6.07) is 13.5. The fourth-order valence-electron chi connectivity index (χ4n) is 2.21. The van der Waals surface area contributed by atoms with E-state index in [4.69, 9.17) is 27.9 Å². The quantitative estimate of drug-likeness (QED) is 0.699. The minimum Gasteiger partial charge on any atom is -0.489 e. The Labute approximate surface area is 142 Å². The third kappa shape index (κ3) is 5.53. The number of hydrogen-bond donors (Lipinski definition) is 0. The number of nitrogens with zero attached hydrogens (tertiary/aromatic N) is 1. The van der Waals surface area contributed by atoms with Crippen LogP contribution in [0.15, 0.2) is 42.5 Å². The largest absolute Gasteiger partial charge is 0.489 e. The highest BCUT2D eigenvalue weighted by atomic mass is 35.5. The molecule has 0 aliphatic rings. The Morgan fingerprint density at radius 1 is 0.955 bits per heavy atom. The average Bonchev–Trinajstić information content (AvgIpc) is 2.48. The van der Waals surface area contributed by atoms with Crippen molar-refractivity contribution >= 4 is 23.2 Å². The molecule has 0 amide bonds. The smallest absolute Gasteiger partial charge is 0.123 e. The van der Waals surface area contributed by atoms with Crippen molar-refractivity contribution < 1.29 is 4.74 Å². The molecule has 0 atom stereocenters. The Morgan fingerprint density at radius 3 is 2.32 bits per heavy atom. The van der Waals surface area contributed by atoms with Crippen molar-refractivity contribution in [1.82, 2.24) is 4.90 Å². The zero-order chi connectivity index (χ0) is 15.9. The van der Waals surface area contributed by atoms with Crippen LogP contribution in [0, 0.1) is 0 Å². The van der Waals surface area contributed by atoms with Gasteiger partial charge in [0.25, 0.3) is 0 Å². The van der Waals surface area contributed by atoms with Crippen molar-refractivity contribution in [1.29, 1.82) is 0 Å². The van der Waals surface area contributed by atoms with Crippen molar-refractivity contribution in [2.45, 2.75) is 19.4 Å². The third-order valence-electron chi connectivity index (χ3n) is 3.38. The van der Waals surface area contributed by atoms with Gasteiger partial charge in [0.1, 0.15) is 12.4 Å². The van der Waals surface area contributed by atoms with Crippen molar-refractivity contribution in [2.75, 3.05) is 20.6 Å². The Kier molecular flexibility index (Phi) is 6.56. The van der Waals surface area contributed by atoms with Gasteiger partial charge in [-0.2, -0.15) is 0 Å². The summed E-state index contributed by atoms with van der Waals surface area (Å²) in [5.41, 5.74) is 2.25. The number of benzene rings is 2. The molecule has 118 valence electrons. The first-order valence-electron chi connectivity index (χ1n) is 7.35. The normalized spacial score (nSPS) is 11.0. The van der Waals surface area contributed by atoms with Gasteiger partial charge < -0.3 is 9.64 Å². The molecule has 0 saturated heterocycles. The van der Waals surface area contributed by atoms with Crippen LogP contribution in [0.25, 0.3) is 0 Å². The van der Waals surface area contributed by atoms with E-state index < -0.39 is 0 Å². The van der Waals surface area contributed by atoms with Gasteiger partial charge in [0, 0.05) is 10.0 Å². The SMILES string of the molecule is CN(C)CCCc1cc(Cl)ccc1OCc1ccc(Cl)cc1. The molecule has 2 rings (SSSR count). The summed E-state index contributed by atoms with van der Waals surface area (Å²) >= 11 is 12.0. The lowest BCUT2D eigenvalue weighted by Gasteiger charge is -2.14. The van der Waals surface area contributed by atoms with Gasteiger partial charge >= 0.3 is 0 Å². The molecule has 0 unspecified atom stereocenters. The standard InChI is InChI=1S/C18H21Cl2NO/c1-21(2)11-3-4-15-12-17(20)9-10-18(15)22-13-14-5-7-16(19)8-6-14/h5-10,12H,3-4,11,13H2,1-2H3. The fraction of sp³-hybridized carbons (Fsp3) is 0.333. The summed E-state index contributed by atoms with van der Waals surface area (Å²) < 4.78 is 5.96. The predicted octanol–water partition coefficient (Wildman–Crippen LogP) is 5.07. The first-order chi connectivity index (χ1) is 10.5. The van der Waals surface area contributed by atoms with Crippen molar-refractivity contribution in [3.8, 4) is 5.75 Å². The second kappa shape index (κ2) is 8.42. The number of rotatable bonds is 7. The maximum Gasteiger partial charge on any atom is 0.123 e. The first kappa shape index (κ1) is 17.1. The van der Waals surface area contributed by atoms with Crippen LogP contribution in [0.4, 0.5) is 0 Å². The fourth-order valence-corrected chi connectivity index (χ4v) is 2.53. The maximum absolute atomic E-state index is 6.11. The Hall–Kier alpha value is -1.22. The molecule has 0 heterocycles. The summed E-state index contributed by atoms with van der Waals surface area (Å²) in [5.74, 6) is 0.901. The molecule has 0 aliphatic heterocycles. The maximum atomic E-state index is 6.11. The summed E-state index contributed by atoms with van der Waals surface area (Å²) in [6.45, 7) is 1.57. The van der Waals surface area contributed by atoms with E-state index in [9.17, 15) is 0 Å². The topological polar surface area (TPSA) is 12.5 Å². The van der Waals surface area contributed by atoms with E-state index in [2.05, 4.69) is 19.0 Å². The second-order valence-corrected chi connectivity index (χ2v) is 6.45. The zero-order valence-electron chi connectivity index (χ0n) is 13.0. The monoisotopic (exact) mass is 337 g/mol. The van der Waals surface area contributed by atoms with Gasteiger partial charge in [0.2, 0.25) is 0 Å². The van der Waals surface area contributed by atoms with Gasteiger partial charge in [-0.25, -0.2) is 0 Å². The molecule has 0 bridgehead atoms. The lowest BCUT2D eigenvalue weighted by Crippen LogP contribution is -2.13. The van der Waals surface area contributed by atoms with Crippen molar-refractivity contribution in [3.63, 3.8) is 0 Å². The van der Waals surface area contributed by atoms with Crippen molar-refractivity contribution in [2.24, 2.45) is 0 Å². The van der Waals surface area contributed by atoms with Crippen LogP contribution in [-0.2, 0) is 13.0 Å². The molecule has 0 radical (unpaired) electrons. The van der Waals surface area contributed by atoms with Gasteiger partial charge in [-0.05, 0) is 74.9 Å². The minimum atomic E-state index is 0.527. The molecule has 0 saturated carbocycles. The molecule has 2 nitrogen and oxygen atoms in total. The van der Waals surface area contributed by atoms with Gasteiger partial charge in [0.05, 0.1) is 0 Å². The van der Waals surface area contributed by atoms with E-state index >= 15 is 0 Å². The van der Waals surface area contributed by atoms with Crippen molar-refractivity contribution in [3.05, 3.63) is 63.6 Å². The second-order valence-electron chi connectivity index (χ2n) is 5.57. The van der Waals surface area contributed by atoms with Crippen LogP contribution in [0.3, 0.4) is 0 Å². The van der Waals surface area contributed by atoms with E-state index in [-0.39, 0.29) is 0 Å². The average molecular weight is 338 g/mol. The number of ether oxygens (including phenoxy) is 1. The molecule has 0 aliphatic carbocycles. The Morgan fingerprint density at radius 2 is 1.64 bits per heavy atom. The van der Waals surface area contributed by atoms with E-state index in [0.717, 1.165) is 46.3 Å². The molecule has 0 spiro atoms. The molecule has 22 heavy (non-hydrogen) atoms. The number of aryl methyl sites for hydroxylation is 1. The zero-order valence-corrected chi connectivity index (χ0v) is 14.5. The summed E-state index contributed by atoms with van der Waals surface area (Å²) in [5, 5.41) is 1.48. The molecule has 0 N–H and O–H groups in total. The van der Waals surface area contributed by atoms with E-state index in [1.165, 1.54) is 0 Å². The molecule has 0 fully saturated rings. The highest BCUT2D eigenvalue weighted by Gasteiger charge is 2.06. The first-order valence-corrected chi connectivity index (χ1v) is 8.10. The van der Waals surface area contributed by atoms with E-state index in [1.54, 1.807) is 0 Å². The van der Waals surface area contributed by atoms with Gasteiger partial charge in [-0.1, -0.05) is 35.3 Å². The summed E-state index contributed by atoms with van der Waals surface area (Å²) in [7, 11) is 4.16. The van der Waals surface area contributed by atoms with Gasteiger partial charge in [-0.3, -0.25) is 0 Å². The molecular formula is C18H21Cl2NO. The third-order valence-corrected chi connectivity index (χ3v) is 3.87. The van der Waals surface area contributed by atoms with E-state index in [1.807, 2.05) is 42.5 Å². The summed E-state index contributed by atoms with van der Waals surface area (Å²) in [6.07, 6.45) is 2.03. The number of hydrogen-bond acceptors (Lipinski definition) is 2. The lowest BCUT2D eigenvalue weighted by molar-refractivity contribution is 0.302. The van der Waals surface area contributed by atoms with Crippen LogP contribution >= 0.6 is 23.2 Å². The Bertz CT molecular complexity index is 597. The Balaban J connectivity index is 2.01. The van der Waals surface area contributed by atoms with Crippen LogP contribution < -0.4 is 4.74 Å². The van der Waals surface area contributed by atoms with Crippen LogP contribution in [0.5, 0.6) is 5.75 Å². The summed E-state index contributed by atoms with van der Waals surface area (Å²) in [4.78, 5) is 2.18. The highest BCUT2D eigenvalue weighted by Crippen LogP contribution is 2.25. The van der Waals surface area contributed by atoms with Gasteiger partial charge in [0.15, 0.2) is 0 Å². The van der Waals surface area contributed by atoms with E-state index in [0.29, 0.717) is 6.61 Å². The number of halogens is 2. The molecule has 0 aromatic heterocycles. The minimum absolute atomic E-state index is 0.527. The highest BCUT2D eigenvalue weighted by molar-refractivity contribution is 6.30.